The molecule has 1 rings (SSSR count). The maximum atomic E-state index is 12.2. The number of amides is 1. The van der Waals surface area contributed by atoms with E-state index in [0.717, 1.165) is 6.54 Å². The third-order valence-corrected chi connectivity index (χ3v) is 2.48. The lowest BCUT2D eigenvalue weighted by Crippen LogP contribution is -2.31. The Hall–Kier alpha value is -1.60. The fourth-order valence-corrected chi connectivity index (χ4v) is 1.55. The number of rotatable bonds is 8. The summed E-state index contributed by atoms with van der Waals surface area (Å²) in [7, 11) is 1.32. The van der Waals surface area contributed by atoms with Gasteiger partial charge in [0.2, 0.25) is 0 Å². The number of alkyl halides is 2. The standard InChI is InChI=1S/C13H18F2N2O3.ClH/c1-3-16-6-7-17-12(18)9-4-5-10(20-13(14)15)11(8-9)19-2;/h4-5,8,13,16H,3,6-7H2,1-2H3,(H,17,18);1H. The highest BCUT2D eigenvalue weighted by molar-refractivity contribution is 5.94. The molecule has 0 aliphatic rings. The predicted octanol–water partition coefficient (Wildman–Crippen LogP) is 2.06. The Labute approximate surface area is 128 Å². The van der Waals surface area contributed by atoms with Crippen molar-refractivity contribution in [1.82, 2.24) is 10.6 Å². The number of nitrogens with one attached hydrogen (secondary N) is 2. The number of halogens is 3. The lowest BCUT2D eigenvalue weighted by atomic mass is 10.2. The van der Waals surface area contributed by atoms with Crippen molar-refractivity contribution >= 4 is 18.3 Å². The van der Waals surface area contributed by atoms with Crippen LogP contribution in [0.15, 0.2) is 18.2 Å². The fourth-order valence-electron chi connectivity index (χ4n) is 1.55. The lowest BCUT2D eigenvalue weighted by molar-refractivity contribution is -0.0512. The second-order valence-electron chi connectivity index (χ2n) is 3.85. The van der Waals surface area contributed by atoms with Crippen LogP contribution < -0.4 is 20.1 Å². The number of carbonyl (C=O) groups is 1. The van der Waals surface area contributed by atoms with Gasteiger partial charge in [-0.15, -0.1) is 12.4 Å². The normalized spacial score (nSPS) is 9.95. The van der Waals surface area contributed by atoms with E-state index in [9.17, 15) is 13.6 Å². The third-order valence-electron chi connectivity index (χ3n) is 2.48. The van der Waals surface area contributed by atoms with Gasteiger partial charge >= 0.3 is 6.61 Å². The average molecular weight is 325 g/mol. The van der Waals surface area contributed by atoms with Crippen LogP contribution in [0.25, 0.3) is 0 Å². The lowest BCUT2D eigenvalue weighted by Gasteiger charge is -2.11. The molecule has 1 aromatic carbocycles. The Bertz CT molecular complexity index is 447. The first-order valence-corrected chi connectivity index (χ1v) is 6.20. The van der Waals surface area contributed by atoms with Crippen LogP contribution in [0, 0.1) is 0 Å². The first-order valence-electron chi connectivity index (χ1n) is 6.20. The summed E-state index contributed by atoms with van der Waals surface area (Å²) in [5.74, 6) is -0.318. The van der Waals surface area contributed by atoms with Crippen molar-refractivity contribution in [2.45, 2.75) is 13.5 Å². The summed E-state index contributed by atoms with van der Waals surface area (Å²) < 4.78 is 33.6. The van der Waals surface area contributed by atoms with E-state index in [1.165, 1.54) is 25.3 Å². The van der Waals surface area contributed by atoms with Gasteiger partial charge in [0.05, 0.1) is 7.11 Å². The van der Waals surface area contributed by atoms with E-state index in [1.54, 1.807) is 0 Å². The van der Waals surface area contributed by atoms with Crippen molar-refractivity contribution in [1.29, 1.82) is 0 Å². The Balaban J connectivity index is 0.00000400. The highest BCUT2D eigenvalue weighted by Crippen LogP contribution is 2.29. The van der Waals surface area contributed by atoms with Gasteiger partial charge < -0.3 is 20.1 Å². The average Bonchev–Trinajstić information content (AvgIpc) is 2.43. The molecule has 0 aliphatic heterocycles. The summed E-state index contributed by atoms with van der Waals surface area (Å²) in [4.78, 5) is 11.8. The number of carbonyl (C=O) groups excluding carboxylic acids is 1. The van der Waals surface area contributed by atoms with Crippen molar-refractivity contribution < 1.29 is 23.0 Å². The minimum absolute atomic E-state index is 0. The summed E-state index contributed by atoms with van der Waals surface area (Å²) >= 11 is 0. The van der Waals surface area contributed by atoms with E-state index in [1.807, 2.05) is 6.92 Å². The second kappa shape index (κ2) is 10.2. The zero-order chi connectivity index (χ0) is 15.0. The number of hydrogen-bond acceptors (Lipinski definition) is 4. The van der Waals surface area contributed by atoms with Gasteiger partial charge in [0, 0.05) is 18.7 Å². The molecule has 0 heterocycles. The van der Waals surface area contributed by atoms with E-state index >= 15 is 0 Å². The van der Waals surface area contributed by atoms with Crippen LogP contribution in [0.1, 0.15) is 17.3 Å². The monoisotopic (exact) mass is 324 g/mol. The molecule has 0 radical (unpaired) electrons. The van der Waals surface area contributed by atoms with Crippen LogP contribution in [0.5, 0.6) is 11.5 Å². The van der Waals surface area contributed by atoms with Crippen molar-refractivity contribution in [2.24, 2.45) is 0 Å². The molecule has 1 amide bonds. The van der Waals surface area contributed by atoms with E-state index < -0.39 is 6.61 Å². The molecule has 120 valence electrons. The fraction of sp³-hybridized carbons (Fsp3) is 0.462. The summed E-state index contributed by atoms with van der Waals surface area (Å²) in [6, 6.07) is 4.05. The van der Waals surface area contributed by atoms with E-state index in [2.05, 4.69) is 15.4 Å². The van der Waals surface area contributed by atoms with Crippen LogP contribution in [0.4, 0.5) is 8.78 Å². The number of ether oxygens (including phenoxy) is 2. The largest absolute Gasteiger partial charge is 0.493 e. The van der Waals surface area contributed by atoms with Gasteiger partial charge in [0.1, 0.15) is 0 Å². The Morgan fingerprint density at radius 3 is 2.57 bits per heavy atom. The molecule has 0 bridgehead atoms. The van der Waals surface area contributed by atoms with Gasteiger partial charge in [-0.1, -0.05) is 6.92 Å². The van der Waals surface area contributed by atoms with Gasteiger partial charge in [0.15, 0.2) is 11.5 Å². The predicted molar refractivity (Wildman–Crippen MR) is 77.8 cm³/mol. The first kappa shape index (κ1) is 19.4. The van der Waals surface area contributed by atoms with Gasteiger partial charge in [-0.3, -0.25) is 4.79 Å². The molecular formula is C13H19ClF2N2O3. The molecular weight excluding hydrogens is 306 g/mol. The molecule has 8 heteroatoms. The quantitative estimate of drug-likeness (QED) is 0.719. The van der Waals surface area contributed by atoms with Crippen molar-refractivity contribution in [3.05, 3.63) is 23.8 Å². The third kappa shape index (κ3) is 6.59. The van der Waals surface area contributed by atoms with Crippen molar-refractivity contribution in [2.75, 3.05) is 26.7 Å². The van der Waals surface area contributed by atoms with Gasteiger partial charge in [0.25, 0.3) is 5.91 Å². The van der Waals surface area contributed by atoms with Crippen LogP contribution in [-0.4, -0.2) is 39.3 Å². The highest BCUT2D eigenvalue weighted by atomic mass is 35.5. The van der Waals surface area contributed by atoms with Crippen molar-refractivity contribution in [3.8, 4) is 11.5 Å². The molecule has 0 unspecified atom stereocenters. The van der Waals surface area contributed by atoms with Crippen LogP contribution in [0.2, 0.25) is 0 Å². The van der Waals surface area contributed by atoms with Gasteiger partial charge in [-0.25, -0.2) is 0 Å². The number of likely N-dealkylation sites (N-methyl/N-ethyl adjacent to an activating group) is 1. The minimum Gasteiger partial charge on any atom is -0.493 e. The molecule has 0 saturated heterocycles. The molecule has 0 atom stereocenters. The van der Waals surface area contributed by atoms with E-state index in [0.29, 0.717) is 18.7 Å². The Morgan fingerprint density at radius 1 is 1.29 bits per heavy atom. The topological polar surface area (TPSA) is 59.6 Å². The molecule has 1 aromatic rings. The summed E-state index contributed by atoms with van der Waals surface area (Å²) in [6.07, 6.45) is 0. The number of benzene rings is 1. The zero-order valence-electron chi connectivity index (χ0n) is 11.8. The Morgan fingerprint density at radius 2 is 2.00 bits per heavy atom. The number of hydrogen-bond donors (Lipinski definition) is 2. The molecule has 0 fully saturated rings. The summed E-state index contributed by atoms with van der Waals surface area (Å²) in [5.41, 5.74) is 0.319. The molecule has 0 aromatic heterocycles. The highest BCUT2D eigenvalue weighted by Gasteiger charge is 2.13. The molecule has 0 saturated carbocycles. The first-order chi connectivity index (χ1) is 9.58. The van der Waals surface area contributed by atoms with Gasteiger partial charge in [-0.05, 0) is 24.7 Å². The molecule has 0 spiro atoms. The van der Waals surface area contributed by atoms with Crippen molar-refractivity contribution in [3.63, 3.8) is 0 Å². The van der Waals surface area contributed by atoms with E-state index in [4.69, 9.17) is 4.74 Å². The van der Waals surface area contributed by atoms with Gasteiger partial charge in [-0.2, -0.15) is 8.78 Å². The summed E-state index contributed by atoms with van der Waals surface area (Å²) in [6.45, 7) is 0.984. The SMILES string of the molecule is CCNCCNC(=O)c1ccc(OC(F)F)c(OC)c1.Cl. The van der Waals surface area contributed by atoms with E-state index in [-0.39, 0.29) is 29.8 Å². The Kier molecular flexibility index (Phi) is 9.40. The zero-order valence-corrected chi connectivity index (χ0v) is 12.6. The maximum Gasteiger partial charge on any atom is 0.387 e. The molecule has 21 heavy (non-hydrogen) atoms. The molecule has 2 N–H and O–H groups in total. The van der Waals surface area contributed by atoms with Crippen LogP contribution in [0.3, 0.4) is 0 Å². The minimum atomic E-state index is -2.94. The molecule has 0 aliphatic carbocycles. The second-order valence-corrected chi connectivity index (χ2v) is 3.85. The maximum absolute atomic E-state index is 12.2. The molecule has 5 nitrogen and oxygen atoms in total. The van der Waals surface area contributed by atoms with Crippen LogP contribution in [-0.2, 0) is 0 Å². The van der Waals surface area contributed by atoms with Crippen LogP contribution >= 0.6 is 12.4 Å². The number of methoxy groups -OCH3 is 1. The summed E-state index contributed by atoms with van der Waals surface area (Å²) in [5, 5.41) is 5.76. The smallest absolute Gasteiger partial charge is 0.387 e.